The summed E-state index contributed by atoms with van der Waals surface area (Å²) in [6.45, 7) is 0. The number of carbonyl (C=O) groups is 1. The molecule has 2 aromatic heterocycles. The monoisotopic (exact) mass is 494 g/mol. The number of carbonyl (C=O) groups excluding carboxylic acids is 1. The summed E-state index contributed by atoms with van der Waals surface area (Å²) in [7, 11) is -2.05. The van der Waals surface area contributed by atoms with Crippen LogP contribution in [0.15, 0.2) is 36.9 Å². The van der Waals surface area contributed by atoms with Gasteiger partial charge in [0.2, 0.25) is 5.91 Å². The fourth-order valence-corrected chi connectivity index (χ4v) is 4.78. The number of nitrogens with two attached hydrogens (primary N) is 1. The summed E-state index contributed by atoms with van der Waals surface area (Å²) in [6, 6.07) is 6.58. The van der Waals surface area contributed by atoms with E-state index in [0.29, 0.717) is 22.6 Å². The number of nitrogens with zero attached hydrogens (tertiary/aromatic N) is 5. The van der Waals surface area contributed by atoms with Crippen molar-refractivity contribution < 1.29 is 38.8 Å². The lowest BCUT2D eigenvalue weighted by Gasteiger charge is -2.24. The van der Waals surface area contributed by atoms with Crippen molar-refractivity contribution in [3.05, 3.63) is 42.5 Å². The van der Waals surface area contributed by atoms with Gasteiger partial charge in [-0.05, 0) is 18.2 Å². The van der Waals surface area contributed by atoms with Gasteiger partial charge in [0.25, 0.3) is 0 Å². The van der Waals surface area contributed by atoms with Crippen LogP contribution in [0.5, 0.6) is 0 Å². The van der Waals surface area contributed by atoms with E-state index in [1.807, 2.05) is 0 Å². The predicted molar refractivity (Wildman–Crippen MR) is 117 cm³/mol. The Morgan fingerprint density at radius 3 is 2.65 bits per heavy atom. The van der Waals surface area contributed by atoms with E-state index in [1.165, 1.54) is 17.2 Å². The number of ether oxygens (including phenoxy) is 2. The number of methoxy groups -OCH3 is 1. The molecule has 1 aliphatic rings. The maximum absolute atomic E-state index is 11.8. The SMILES string of the molecule is COC([C@@H]1O[C@@H](n2cnc3c(N(C)c4cccc(C(N)=O)c4)ncnc32)[C@H](O)[C@@H]1O)P(=O)(O)O. The van der Waals surface area contributed by atoms with Crippen LogP contribution in [0.3, 0.4) is 0 Å². The first-order chi connectivity index (χ1) is 16.0. The largest absolute Gasteiger partial charge is 0.387 e. The first kappa shape index (κ1) is 24.2. The van der Waals surface area contributed by atoms with Crippen molar-refractivity contribution >= 4 is 36.2 Å². The van der Waals surface area contributed by atoms with Crippen LogP contribution in [-0.2, 0) is 14.0 Å². The highest BCUT2D eigenvalue weighted by Crippen LogP contribution is 2.48. The fraction of sp³-hybridized carbons (Fsp3) is 0.368. The van der Waals surface area contributed by atoms with E-state index in [4.69, 9.17) is 15.2 Å². The average Bonchev–Trinajstić information content (AvgIpc) is 3.34. The van der Waals surface area contributed by atoms with Crippen LogP contribution in [0.25, 0.3) is 11.2 Å². The maximum Gasteiger partial charge on any atom is 0.356 e. The van der Waals surface area contributed by atoms with Crippen molar-refractivity contribution in [3.63, 3.8) is 0 Å². The molecule has 1 saturated heterocycles. The minimum atomic E-state index is -4.81. The molecule has 3 aromatic rings. The molecule has 0 spiro atoms. The van der Waals surface area contributed by atoms with Gasteiger partial charge in [0, 0.05) is 25.4 Å². The number of anilines is 2. The quantitative estimate of drug-likeness (QED) is 0.263. The molecule has 1 amide bonds. The summed E-state index contributed by atoms with van der Waals surface area (Å²) in [5.74, 6) is -2.01. The third kappa shape index (κ3) is 4.16. The molecule has 1 fully saturated rings. The maximum atomic E-state index is 11.8. The Balaban J connectivity index is 1.70. The molecule has 0 bridgehead atoms. The van der Waals surface area contributed by atoms with E-state index < -0.39 is 43.9 Å². The Labute approximate surface area is 192 Å². The van der Waals surface area contributed by atoms with E-state index in [2.05, 4.69) is 15.0 Å². The van der Waals surface area contributed by atoms with Crippen LogP contribution in [0.1, 0.15) is 16.6 Å². The van der Waals surface area contributed by atoms with Crippen molar-refractivity contribution in [1.29, 1.82) is 0 Å². The van der Waals surface area contributed by atoms with Gasteiger partial charge in [0.05, 0.1) is 6.33 Å². The molecule has 1 unspecified atom stereocenters. The Hall–Kier alpha value is -2.97. The highest BCUT2D eigenvalue weighted by molar-refractivity contribution is 7.52. The topological polar surface area (TPSA) is 206 Å². The predicted octanol–water partition coefficient (Wildman–Crippen LogP) is -0.537. The number of aromatic nitrogens is 4. The zero-order valence-electron chi connectivity index (χ0n) is 18.0. The highest BCUT2D eigenvalue weighted by Gasteiger charge is 2.52. The Kier molecular flexibility index (Phi) is 6.40. The number of aliphatic hydroxyl groups excluding tert-OH is 2. The molecule has 5 atom stereocenters. The number of imidazole rings is 1. The summed E-state index contributed by atoms with van der Waals surface area (Å²) in [5.41, 5.74) is 6.80. The number of hydrogen-bond acceptors (Lipinski definition) is 10. The zero-order chi connectivity index (χ0) is 24.8. The second-order valence-electron chi connectivity index (χ2n) is 7.68. The lowest BCUT2D eigenvalue weighted by atomic mass is 10.1. The lowest BCUT2D eigenvalue weighted by Crippen LogP contribution is -2.39. The van der Waals surface area contributed by atoms with E-state index in [1.54, 1.807) is 36.2 Å². The molecule has 14 nitrogen and oxygen atoms in total. The van der Waals surface area contributed by atoms with Crippen LogP contribution < -0.4 is 10.6 Å². The summed E-state index contributed by atoms with van der Waals surface area (Å²) >= 11 is 0. The van der Waals surface area contributed by atoms with E-state index in [0.717, 1.165) is 7.11 Å². The van der Waals surface area contributed by atoms with Crippen LogP contribution in [0.4, 0.5) is 11.5 Å². The molecule has 0 aliphatic carbocycles. The smallest absolute Gasteiger partial charge is 0.356 e. The Morgan fingerprint density at radius 1 is 1.26 bits per heavy atom. The molecule has 0 saturated carbocycles. The molecule has 4 rings (SSSR count). The van der Waals surface area contributed by atoms with Crippen molar-refractivity contribution in [2.45, 2.75) is 30.4 Å². The first-order valence-corrected chi connectivity index (χ1v) is 11.6. The van der Waals surface area contributed by atoms with Gasteiger partial charge < -0.3 is 40.1 Å². The van der Waals surface area contributed by atoms with Gasteiger partial charge in [0.15, 0.2) is 29.1 Å². The van der Waals surface area contributed by atoms with Crippen LogP contribution in [0, 0.1) is 0 Å². The van der Waals surface area contributed by atoms with Crippen LogP contribution in [-0.4, -0.2) is 83.7 Å². The molecular formula is C19H23N6O8P. The number of fused-ring (bicyclic) bond motifs is 1. The van der Waals surface area contributed by atoms with Gasteiger partial charge in [-0.25, -0.2) is 15.0 Å². The molecular weight excluding hydrogens is 471 g/mol. The van der Waals surface area contributed by atoms with Gasteiger partial charge in [-0.2, -0.15) is 0 Å². The van der Waals surface area contributed by atoms with Gasteiger partial charge in [0.1, 0.15) is 24.6 Å². The number of amides is 1. The second kappa shape index (κ2) is 9.00. The Morgan fingerprint density at radius 2 is 2.00 bits per heavy atom. The molecule has 0 radical (unpaired) electrons. The van der Waals surface area contributed by atoms with Gasteiger partial charge in [-0.15, -0.1) is 0 Å². The van der Waals surface area contributed by atoms with Crippen molar-refractivity contribution in [1.82, 2.24) is 19.5 Å². The van der Waals surface area contributed by atoms with Gasteiger partial charge >= 0.3 is 7.60 Å². The number of benzene rings is 1. The van der Waals surface area contributed by atoms with Crippen LogP contribution in [0.2, 0.25) is 0 Å². The molecule has 182 valence electrons. The van der Waals surface area contributed by atoms with Gasteiger partial charge in [-0.3, -0.25) is 13.9 Å². The molecule has 1 aliphatic heterocycles. The minimum Gasteiger partial charge on any atom is -0.387 e. The fourth-order valence-electron chi connectivity index (χ4n) is 3.88. The summed E-state index contributed by atoms with van der Waals surface area (Å²) in [4.78, 5) is 45.0. The van der Waals surface area contributed by atoms with Gasteiger partial charge in [-0.1, -0.05) is 6.07 Å². The molecule has 6 N–H and O–H groups in total. The van der Waals surface area contributed by atoms with Crippen molar-refractivity contribution in [2.24, 2.45) is 5.73 Å². The minimum absolute atomic E-state index is 0.227. The van der Waals surface area contributed by atoms with Crippen molar-refractivity contribution in [2.75, 3.05) is 19.1 Å². The summed E-state index contributed by atoms with van der Waals surface area (Å²) < 4.78 is 23.6. The Bertz CT molecular complexity index is 1260. The van der Waals surface area contributed by atoms with E-state index in [-0.39, 0.29) is 5.65 Å². The van der Waals surface area contributed by atoms with Crippen LogP contribution >= 0.6 is 7.60 Å². The molecule has 1 aromatic carbocycles. The van der Waals surface area contributed by atoms with Crippen molar-refractivity contribution in [3.8, 4) is 0 Å². The van der Waals surface area contributed by atoms with E-state index in [9.17, 15) is 29.4 Å². The summed E-state index contributed by atoms with van der Waals surface area (Å²) in [6.07, 6.45) is -3.42. The molecule has 3 heterocycles. The second-order valence-corrected chi connectivity index (χ2v) is 9.37. The van der Waals surface area contributed by atoms with E-state index >= 15 is 0 Å². The zero-order valence-corrected chi connectivity index (χ0v) is 18.9. The third-order valence-electron chi connectivity index (χ3n) is 5.58. The highest BCUT2D eigenvalue weighted by atomic mass is 31.2. The number of primary amides is 1. The number of aliphatic hydroxyl groups is 2. The molecule has 34 heavy (non-hydrogen) atoms. The molecule has 15 heteroatoms. The number of rotatable bonds is 7. The average molecular weight is 494 g/mol. The number of hydrogen-bond donors (Lipinski definition) is 5. The normalized spacial score (nSPS) is 23.8. The standard InChI is InChI=1S/C19H23N6O8P/c1-24(10-5-3-4-9(6-10)15(20)28)16-11-17(22-7-21-16)25(8-23-11)18-13(27)12(26)14(33-18)19(32-2)34(29,30)31/h3-8,12-14,18-19,26-27H,1-2H3,(H2,20,28)(H2,29,30,31)/t12-,13+,14+,18+,19?/m0/s1. The summed E-state index contributed by atoms with van der Waals surface area (Å²) in [5, 5.41) is 21.0. The first-order valence-electron chi connectivity index (χ1n) is 9.95. The third-order valence-corrected chi connectivity index (χ3v) is 6.75. The lowest BCUT2D eigenvalue weighted by molar-refractivity contribution is -0.0761.